The Hall–Kier alpha value is -2.20. The molecule has 0 aromatic heterocycles. The summed E-state index contributed by atoms with van der Waals surface area (Å²) in [5, 5.41) is 18.4. The molecule has 0 saturated carbocycles. The van der Waals surface area contributed by atoms with Crippen LogP contribution in [0.15, 0.2) is 36.4 Å². The maximum absolute atomic E-state index is 9.28. The van der Waals surface area contributed by atoms with Crippen LogP contribution in [-0.2, 0) is 12.8 Å². The van der Waals surface area contributed by atoms with E-state index in [1.54, 1.807) is 24.3 Å². The van der Waals surface area contributed by atoms with Crippen LogP contribution in [-0.4, -0.2) is 16.8 Å². The van der Waals surface area contributed by atoms with Crippen molar-refractivity contribution in [2.24, 2.45) is 0 Å². The summed E-state index contributed by atoms with van der Waals surface area (Å²) in [5.41, 5.74) is 16.2. The number of anilines is 2. The fourth-order valence-corrected chi connectivity index (χ4v) is 2.16. The van der Waals surface area contributed by atoms with Gasteiger partial charge in [0.05, 0.1) is 0 Å². The first kappa shape index (κ1) is 13.2. The first-order valence-corrected chi connectivity index (χ1v) is 6.16. The smallest absolute Gasteiger partial charge is 0.115 e. The number of aliphatic hydroxyl groups excluding tert-OH is 1. The molecule has 19 heavy (non-hydrogen) atoms. The zero-order valence-electron chi connectivity index (χ0n) is 10.6. The van der Waals surface area contributed by atoms with Crippen LogP contribution in [0, 0.1) is 0 Å². The highest BCUT2D eigenvalue weighted by Crippen LogP contribution is 2.27. The van der Waals surface area contributed by atoms with Gasteiger partial charge in [0.2, 0.25) is 0 Å². The summed E-state index contributed by atoms with van der Waals surface area (Å²) in [7, 11) is 0. The minimum absolute atomic E-state index is 0.0379. The van der Waals surface area contributed by atoms with Crippen LogP contribution in [0.3, 0.4) is 0 Å². The molecule has 0 spiro atoms. The van der Waals surface area contributed by atoms with E-state index >= 15 is 0 Å². The second-order valence-corrected chi connectivity index (χ2v) is 4.52. The van der Waals surface area contributed by atoms with Crippen molar-refractivity contribution < 1.29 is 10.2 Å². The summed E-state index contributed by atoms with van der Waals surface area (Å²) >= 11 is 0. The van der Waals surface area contributed by atoms with Gasteiger partial charge in [0.25, 0.3) is 0 Å². The van der Waals surface area contributed by atoms with Crippen molar-refractivity contribution in [2.75, 3.05) is 18.1 Å². The molecular weight excluding hydrogens is 240 g/mol. The van der Waals surface area contributed by atoms with Gasteiger partial charge in [0.15, 0.2) is 0 Å². The Morgan fingerprint density at radius 3 is 2.00 bits per heavy atom. The number of phenolic OH excluding ortho intramolecular Hbond substituents is 1. The van der Waals surface area contributed by atoms with E-state index in [9.17, 15) is 5.11 Å². The van der Waals surface area contributed by atoms with E-state index < -0.39 is 0 Å². The van der Waals surface area contributed by atoms with Crippen molar-refractivity contribution in [2.45, 2.75) is 12.8 Å². The zero-order valence-corrected chi connectivity index (χ0v) is 10.6. The molecular formula is C15H18N2O2. The van der Waals surface area contributed by atoms with Crippen LogP contribution in [0.2, 0.25) is 0 Å². The lowest BCUT2D eigenvalue weighted by atomic mass is 9.95. The monoisotopic (exact) mass is 258 g/mol. The number of hydrogen-bond donors (Lipinski definition) is 4. The Morgan fingerprint density at radius 2 is 1.42 bits per heavy atom. The lowest BCUT2D eigenvalue weighted by Crippen LogP contribution is -2.07. The topological polar surface area (TPSA) is 92.5 Å². The minimum Gasteiger partial charge on any atom is -0.508 e. The third-order valence-corrected chi connectivity index (χ3v) is 3.18. The Kier molecular flexibility index (Phi) is 3.92. The molecule has 2 rings (SSSR count). The van der Waals surface area contributed by atoms with E-state index in [0.29, 0.717) is 24.2 Å². The van der Waals surface area contributed by atoms with E-state index in [1.165, 1.54) is 0 Å². The van der Waals surface area contributed by atoms with Crippen molar-refractivity contribution in [3.63, 3.8) is 0 Å². The molecule has 2 aromatic carbocycles. The first-order valence-electron chi connectivity index (χ1n) is 6.16. The van der Waals surface area contributed by atoms with Crippen LogP contribution >= 0.6 is 0 Å². The van der Waals surface area contributed by atoms with Gasteiger partial charge in [-0.2, -0.15) is 0 Å². The van der Waals surface area contributed by atoms with E-state index in [4.69, 9.17) is 16.6 Å². The van der Waals surface area contributed by atoms with Crippen LogP contribution in [0.5, 0.6) is 5.75 Å². The first-order chi connectivity index (χ1) is 9.11. The number of nitrogens with two attached hydrogens (primary N) is 2. The molecule has 4 heteroatoms. The number of rotatable bonds is 4. The van der Waals surface area contributed by atoms with Gasteiger partial charge in [-0.1, -0.05) is 12.1 Å². The Bertz CT molecular complexity index is 565. The van der Waals surface area contributed by atoms with Gasteiger partial charge in [0.1, 0.15) is 5.75 Å². The molecule has 0 atom stereocenters. The molecule has 0 unspecified atom stereocenters. The van der Waals surface area contributed by atoms with Crippen molar-refractivity contribution >= 4 is 11.4 Å². The largest absolute Gasteiger partial charge is 0.508 e. The quantitative estimate of drug-likeness (QED) is 0.628. The molecule has 6 N–H and O–H groups in total. The Balaban J connectivity index is 2.38. The van der Waals surface area contributed by atoms with Crippen molar-refractivity contribution in [1.29, 1.82) is 0 Å². The van der Waals surface area contributed by atoms with Crippen LogP contribution in [0.25, 0.3) is 0 Å². The number of benzene rings is 2. The summed E-state index contributed by atoms with van der Waals surface area (Å²) in [4.78, 5) is 0. The molecule has 0 radical (unpaired) electrons. The maximum Gasteiger partial charge on any atom is 0.115 e. The lowest BCUT2D eigenvalue weighted by Gasteiger charge is -2.14. The van der Waals surface area contributed by atoms with Gasteiger partial charge >= 0.3 is 0 Å². The molecule has 0 aliphatic carbocycles. The second kappa shape index (κ2) is 5.63. The lowest BCUT2D eigenvalue weighted by molar-refractivity contribution is 0.299. The SMILES string of the molecule is Nc1ccc(N)c(Cc2ccc(O)cc2)c1CCO. The number of aromatic hydroxyl groups is 1. The standard InChI is InChI=1S/C15H18N2O2/c16-14-5-6-15(17)13(12(14)7-8-18)9-10-1-3-11(19)4-2-10/h1-6,18-19H,7-9,16-17H2. The molecule has 4 nitrogen and oxygen atoms in total. The van der Waals surface area contributed by atoms with Crippen molar-refractivity contribution in [3.8, 4) is 5.75 Å². The van der Waals surface area contributed by atoms with Gasteiger partial charge in [-0.25, -0.2) is 0 Å². The van der Waals surface area contributed by atoms with E-state index in [-0.39, 0.29) is 12.4 Å². The van der Waals surface area contributed by atoms with Gasteiger partial charge < -0.3 is 21.7 Å². The summed E-state index contributed by atoms with van der Waals surface area (Å²) in [6.45, 7) is 0.0379. The van der Waals surface area contributed by atoms with Gasteiger partial charge in [0, 0.05) is 18.0 Å². The highest BCUT2D eigenvalue weighted by atomic mass is 16.3. The van der Waals surface area contributed by atoms with Crippen molar-refractivity contribution in [3.05, 3.63) is 53.1 Å². The molecule has 0 fully saturated rings. The zero-order chi connectivity index (χ0) is 13.8. The molecule has 100 valence electrons. The fourth-order valence-electron chi connectivity index (χ4n) is 2.16. The third kappa shape index (κ3) is 2.98. The number of aliphatic hydroxyl groups is 1. The maximum atomic E-state index is 9.28. The molecule has 0 bridgehead atoms. The molecule has 0 heterocycles. The average Bonchev–Trinajstić information content (AvgIpc) is 2.40. The Labute approximate surface area is 112 Å². The van der Waals surface area contributed by atoms with Gasteiger partial charge in [-0.3, -0.25) is 0 Å². The molecule has 2 aromatic rings. The predicted molar refractivity (Wildman–Crippen MR) is 77.0 cm³/mol. The minimum atomic E-state index is 0.0379. The highest BCUT2D eigenvalue weighted by molar-refractivity contribution is 5.63. The molecule has 0 amide bonds. The van der Waals surface area contributed by atoms with Crippen LogP contribution in [0.4, 0.5) is 11.4 Å². The normalized spacial score (nSPS) is 10.6. The fraction of sp³-hybridized carbons (Fsp3) is 0.200. The van der Waals surface area contributed by atoms with Crippen LogP contribution in [0.1, 0.15) is 16.7 Å². The van der Waals surface area contributed by atoms with E-state index in [0.717, 1.165) is 16.7 Å². The summed E-state index contributed by atoms with van der Waals surface area (Å²) in [5.74, 6) is 0.236. The molecule has 0 aliphatic heterocycles. The molecule has 0 aliphatic rings. The average molecular weight is 258 g/mol. The number of phenols is 1. The predicted octanol–water partition coefficient (Wildman–Crippen LogP) is 1.68. The van der Waals surface area contributed by atoms with Gasteiger partial charge in [-0.15, -0.1) is 0 Å². The van der Waals surface area contributed by atoms with Crippen molar-refractivity contribution in [1.82, 2.24) is 0 Å². The Morgan fingerprint density at radius 1 is 0.842 bits per heavy atom. The summed E-state index contributed by atoms with van der Waals surface area (Å²) < 4.78 is 0. The third-order valence-electron chi connectivity index (χ3n) is 3.18. The van der Waals surface area contributed by atoms with E-state index in [1.807, 2.05) is 12.1 Å². The summed E-state index contributed by atoms with van der Waals surface area (Å²) in [6.07, 6.45) is 1.12. The highest BCUT2D eigenvalue weighted by Gasteiger charge is 2.10. The van der Waals surface area contributed by atoms with Crippen LogP contribution < -0.4 is 11.5 Å². The summed E-state index contributed by atoms with van der Waals surface area (Å²) in [6, 6.07) is 10.5. The second-order valence-electron chi connectivity index (χ2n) is 4.52. The number of hydrogen-bond acceptors (Lipinski definition) is 4. The number of nitrogen functional groups attached to an aromatic ring is 2. The van der Waals surface area contributed by atoms with E-state index in [2.05, 4.69) is 0 Å². The molecule has 0 saturated heterocycles. The van der Waals surface area contributed by atoms with Gasteiger partial charge in [-0.05, 0) is 53.8 Å².